The molecule has 1 aliphatic rings. The van der Waals surface area contributed by atoms with Gasteiger partial charge in [-0.2, -0.15) is 0 Å². The quantitative estimate of drug-likeness (QED) is 0.703. The van der Waals surface area contributed by atoms with Crippen molar-refractivity contribution in [1.82, 2.24) is 0 Å². The van der Waals surface area contributed by atoms with Crippen LogP contribution >= 0.6 is 0 Å². The number of carboxylic acids is 1. The molecule has 1 fully saturated rings. The zero-order valence-corrected chi connectivity index (χ0v) is 7.67. The summed E-state index contributed by atoms with van der Waals surface area (Å²) >= 11 is 0. The predicted molar refractivity (Wildman–Crippen MR) is 45.1 cm³/mol. The highest BCUT2D eigenvalue weighted by atomic mass is 16.5. The van der Waals surface area contributed by atoms with Crippen LogP contribution in [0, 0.1) is 0 Å². The van der Waals surface area contributed by atoms with E-state index in [-0.39, 0.29) is 5.60 Å². The molecule has 0 amide bonds. The van der Waals surface area contributed by atoms with Crippen LogP contribution in [0.5, 0.6) is 0 Å². The molecule has 1 rings (SSSR count). The van der Waals surface area contributed by atoms with Crippen molar-refractivity contribution in [3.05, 3.63) is 0 Å². The Morgan fingerprint density at radius 2 is 2.25 bits per heavy atom. The number of hydrogen-bond acceptors (Lipinski definition) is 2. The average molecular weight is 172 g/mol. The Balaban J connectivity index is 2.41. The summed E-state index contributed by atoms with van der Waals surface area (Å²) in [5.41, 5.74) is -0.154. The number of carboxylic acid groups (broad SMARTS) is 1. The number of aliphatic carboxylic acids is 1. The van der Waals surface area contributed by atoms with Crippen LogP contribution in [0.2, 0.25) is 0 Å². The van der Waals surface area contributed by atoms with Crippen LogP contribution in [-0.4, -0.2) is 22.8 Å². The Hall–Kier alpha value is -0.570. The predicted octanol–water partition coefficient (Wildman–Crippen LogP) is 1.81. The summed E-state index contributed by atoms with van der Waals surface area (Å²) in [5.74, 6) is -0.842. The maximum Gasteiger partial charge on any atom is 0.332 e. The Bertz CT molecular complexity index is 173. The first-order valence-electron chi connectivity index (χ1n) is 4.48. The van der Waals surface area contributed by atoms with E-state index in [1.807, 2.05) is 13.8 Å². The molecule has 70 valence electrons. The van der Waals surface area contributed by atoms with Crippen molar-refractivity contribution < 1.29 is 14.6 Å². The molecule has 1 aliphatic carbocycles. The van der Waals surface area contributed by atoms with Crippen molar-refractivity contribution in [3.63, 3.8) is 0 Å². The van der Waals surface area contributed by atoms with E-state index in [0.29, 0.717) is 6.42 Å². The highest BCUT2D eigenvalue weighted by Crippen LogP contribution is 2.36. The SMILES string of the molecule is CCC(OC1(C)CCC1)C(=O)O. The molecule has 0 bridgehead atoms. The molecule has 1 unspecified atom stereocenters. The van der Waals surface area contributed by atoms with Gasteiger partial charge in [0.05, 0.1) is 5.60 Å². The van der Waals surface area contributed by atoms with Crippen molar-refractivity contribution in [1.29, 1.82) is 0 Å². The van der Waals surface area contributed by atoms with Gasteiger partial charge in [0.2, 0.25) is 0 Å². The summed E-state index contributed by atoms with van der Waals surface area (Å²) < 4.78 is 5.48. The molecule has 12 heavy (non-hydrogen) atoms. The van der Waals surface area contributed by atoms with Gasteiger partial charge in [0.15, 0.2) is 6.10 Å². The molecule has 3 heteroatoms. The summed E-state index contributed by atoms with van der Waals surface area (Å²) in [6.07, 6.45) is 3.08. The number of hydrogen-bond donors (Lipinski definition) is 1. The summed E-state index contributed by atoms with van der Waals surface area (Å²) in [6.45, 7) is 3.82. The first-order chi connectivity index (χ1) is 5.57. The van der Waals surface area contributed by atoms with Gasteiger partial charge in [-0.3, -0.25) is 0 Å². The first kappa shape index (κ1) is 9.52. The third-order valence-electron chi connectivity index (χ3n) is 2.48. The standard InChI is InChI=1S/C9H16O3/c1-3-7(8(10)11)12-9(2)5-4-6-9/h7H,3-6H2,1-2H3,(H,10,11). The summed E-state index contributed by atoms with van der Waals surface area (Å²) in [7, 11) is 0. The topological polar surface area (TPSA) is 46.5 Å². The number of rotatable bonds is 4. The second-order valence-electron chi connectivity index (χ2n) is 3.66. The van der Waals surface area contributed by atoms with Crippen LogP contribution in [0.1, 0.15) is 39.5 Å². The molecular weight excluding hydrogens is 156 g/mol. The Labute approximate surface area is 72.7 Å². The van der Waals surface area contributed by atoms with Crippen LogP contribution in [0.15, 0.2) is 0 Å². The summed E-state index contributed by atoms with van der Waals surface area (Å²) in [6, 6.07) is 0. The highest BCUT2D eigenvalue weighted by Gasteiger charge is 2.36. The van der Waals surface area contributed by atoms with Gasteiger partial charge < -0.3 is 9.84 Å². The van der Waals surface area contributed by atoms with Crippen molar-refractivity contribution >= 4 is 5.97 Å². The van der Waals surface area contributed by atoms with E-state index < -0.39 is 12.1 Å². The lowest BCUT2D eigenvalue weighted by atomic mass is 9.81. The van der Waals surface area contributed by atoms with Crippen molar-refractivity contribution in [2.45, 2.75) is 51.2 Å². The molecule has 0 spiro atoms. The fraction of sp³-hybridized carbons (Fsp3) is 0.889. The van der Waals surface area contributed by atoms with Crippen molar-refractivity contribution in [3.8, 4) is 0 Å². The smallest absolute Gasteiger partial charge is 0.332 e. The average Bonchev–Trinajstić information content (AvgIpc) is 1.96. The van der Waals surface area contributed by atoms with E-state index in [4.69, 9.17) is 9.84 Å². The zero-order chi connectivity index (χ0) is 9.19. The second kappa shape index (κ2) is 3.44. The van der Waals surface area contributed by atoms with Gasteiger partial charge in [-0.1, -0.05) is 6.92 Å². The minimum absolute atomic E-state index is 0.154. The maximum atomic E-state index is 10.6. The normalized spacial score (nSPS) is 22.8. The molecule has 1 N–H and O–H groups in total. The maximum absolute atomic E-state index is 10.6. The highest BCUT2D eigenvalue weighted by molar-refractivity contribution is 5.72. The largest absolute Gasteiger partial charge is 0.479 e. The molecule has 0 radical (unpaired) electrons. The minimum atomic E-state index is -0.842. The summed E-state index contributed by atoms with van der Waals surface area (Å²) in [4.78, 5) is 10.6. The lowest BCUT2D eigenvalue weighted by Crippen LogP contribution is -2.42. The molecule has 0 saturated heterocycles. The zero-order valence-electron chi connectivity index (χ0n) is 7.67. The molecule has 3 nitrogen and oxygen atoms in total. The van der Waals surface area contributed by atoms with Gasteiger partial charge in [0, 0.05) is 0 Å². The van der Waals surface area contributed by atoms with E-state index in [1.165, 1.54) is 0 Å². The van der Waals surface area contributed by atoms with Crippen LogP contribution in [0.3, 0.4) is 0 Å². The lowest BCUT2D eigenvalue weighted by molar-refractivity contribution is -0.173. The van der Waals surface area contributed by atoms with Crippen LogP contribution in [-0.2, 0) is 9.53 Å². The van der Waals surface area contributed by atoms with Crippen molar-refractivity contribution in [2.24, 2.45) is 0 Å². The lowest BCUT2D eigenvalue weighted by Gasteiger charge is -2.39. The van der Waals surface area contributed by atoms with Gasteiger partial charge in [0.25, 0.3) is 0 Å². The fourth-order valence-electron chi connectivity index (χ4n) is 1.44. The molecule has 0 heterocycles. The fourth-order valence-corrected chi connectivity index (χ4v) is 1.44. The van der Waals surface area contributed by atoms with E-state index in [1.54, 1.807) is 0 Å². The van der Waals surface area contributed by atoms with Crippen molar-refractivity contribution in [2.75, 3.05) is 0 Å². The number of carbonyl (C=O) groups is 1. The summed E-state index contributed by atoms with van der Waals surface area (Å²) in [5, 5.41) is 8.73. The van der Waals surface area contributed by atoms with Gasteiger partial charge in [-0.05, 0) is 32.6 Å². The Morgan fingerprint density at radius 3 is 2.50 bits per heavy atom. The minimum Gasteiger partial charge on any atom is -0.479 e. The second-order valence-corrected chi connectivity index (χ2v) is 3.66. The van der Waals surface area contributed by atoms with Gasteiger partial charge in [-0.25, -0.2) is 4.79 Å². The number of ether oxygens (including phenoxy) is 1. The van der Waals surface area contributed by atoms with E-state index in [2.05, 4.69) is 0 Å². The molecule has 0 aromatic rings. The third-order valence-corrected chi connectivity index (χ3v) is 2.48. The van der Waals surface area contributed by atoms with Gasteiger partial charge >= 0.3 is 5.97 Å². The van der Waals surface area contributed by atoms with Gasteiger partial charge in [0.1, 0.15) is 0 Å². The molecule has 1 atom stereocenters. The molecule has 0 aromatic carbocycles. The molecule has 1 saturated carbocycles. The molecular formula is C9H16O3. The van der Waals surface area contributed by atoms with Crippen LogP contribution in [0.4, 0.5) is 0 Å². The Morgan fingerprint density at radius 1 is 1.67 bits per heavy atom. The molecule has 0 aliphatic heterocycles. The van der Waals surface area contributed by atoms with E-state index >= 15 is 0 Å². The monoisotopic (exact) mass is 172 g/mol. The van der Waals surface area contributed by atoms with Crippen LogP contribution < -0.4 is 0 Å². The van der Waals surface area contributed by atoms with Gasteiger partial charge in [-0.15, -0.1) is 0 Å². The van der Waals surface area contributed by atoms with E-state index in [9.17, 15) is 4.79 Å². The Kier molecular flexibility index (Phi) is 2.73. The third kappa shape index (κ3) is 1.97. The van der Waals surface area contributed by atoms with E-state index in [0.717, 1.165) is 19.3 Å². The molecule has 0 aromatic heterocycles. The first-order valence-corrected chi connectivity index (χ1v) is 4.48. The van der Waals surface area contributed by atoms with Crippen LogP contribution in [0.25, 0.3) is 0 Å².